The predicted octanol–water partition coefficient (Wildman–Crippen LogP) is 4.60. The fourth-order valence-electron chi connectivity index (χ4n) is 5.11. The average Bonchev–Trinajstić information content (AvgIpc) is 2.94. The number of aromatic hydroxyl groups is 1. The van der Waals surface area contributed by atoms with Crippen LogP contribution in [0.3, 0.4) is 0 Å². The standard InChI is InChI=1S/C30H33N3O3S/c1-31(37(35,36)30-13-7-9-25-8-5-6-12-29(25)30)27(22-24-14-16-28(34)17-15-24)23-32-18-20-33(21-19-32)26-10-3-2-4-11-26/h2-17,27,34H,18-23H2,1H3. The normalized spacial score (nSPS) is 15.8. The van der Waals surface area contributed by atoms with E-state index in [4.69, 9.17) is 0 Å². The van der Waals surface area contributed by atoms with Crippen molar-refractivity contribution < 1.29 is 13.5 Å². The van der Waals surface area contributed by atoms with Crippen LogP contribution in [0.15, 0.2) is 102 Å². The van der Waals surface area contributed by atoms with E-state index in [1.54, 1.807) is 35.6 Å². The molecule has 4 aromatic carbocycles. The van der Waals surface area contributed by atoms with Crippen LogP contribution < -0.4 is 4.90 Å². The monoisotopic (exact) mass is 515 g/mol. The largest absolute Gasteiger partial charge is 0.508 e. The van der Waals surface area contributed by atoms with Crippen molar-refractivity contribution in [2.45, 2.75) is 17.4 Å². The molecule has 1 aliphatic heterocycles. The molecule has 0 amide bonds. The third-order valence-electron chi connectivity index (χ3n) is 7.29. The number of likely N-dealkylation sites (N-methyl/N-ethyl adjacent to an activating group) is 1. The Morgan fingerprint density at radius 3 is 2.19 bits per heavy atom. The number of hydrogen-bond acceptors (Lipinski definition) is 5. The van der Waals surface area contributed by atoms with Crippen molar-refractivity contribution in [3.05, 3.63) is 103 Å². The van der Waals surface area contributed by atoms with E-state index in [1.807, 2.05) is 48.5 Å². The summed E-state index contributed by atoms with van der Waals surface area (Å²) in [7, 11) is -2.05. The Morgan fingerprint density at radius 2 is 1.46 bits per heavy atom. The lowest BCUT2D eigenvalue weighted by atomic mass is 10.0. The van der Waals surface area contributed by atoms with Gasteiger partial charge in [0.25, 0.3) is 0 Å². The first-order valence-corrected chi connectivity index (χ1v) is 14.1. The van der Waals surface area contributed by atoms with Crippen molar-refractivity contribution in [1.82, 2.24) is 9.21 Å². The maximum absolute atomic E-state index is 14.0. The van der Waals surface area contributed by atoms with Gasteiger partial charge in [-0.3, -0.25) is 4.90 Å². The van der Waals surface area contributed by atoms with E-state index in [0.29, 0.717) is 17.9 Å². The first-order chi connectivity index (χ1) is 17.9. The second kappa shape index (κ2) is 10.9. The quantitative estimate of drug-likeness (QED) is 0.372. The molecule has 7 heteroatoms. The molecule has 1 fully saturated rings. The van der Waals surface area contributed by atoms with E-state index >= 15 is 0 Å². The van der Waals surface area contributed by atoms with Crippen LogP contribution in [0.25, 0.3) is 10.8 Å². The zero-order valence-electron chi connectivity index (χ0n) is 21.1. The Balaban J connectivity index is 1.39. The number of rotatable bonds is 8. The van der Waals surface area contributed by atoms with Gasteiger partial charge in [-0.1, -0.05) is 66.7 Å². The van der Waals surface area contributed by atoms with E-state index in [2.05, 4.69) is 34.1 Å². The molecule has 192 valence electrons. The summed E-state index contributed by atoms with van der Waals surface area (Å²) in [5.74, 6) is 0.203. The number of anilines is 1. The number of benzene rings is 4. The second-order valence-corrected chi connectivity index (χ2v) is 11.6. The fraction of sp³-hybridized carbons (Fsp3) is 0.267. The molecular weight excluding hydrogens is 482 g/mol. The molecule has 0 spiro atoms. The number of phenolic OH excluding ortho intramolecular Hbond substituents is 1. The number of sulfonamides is 1. The van der Waals surface area contributed by atoms with Crippen LogP contribution in [-0.4, -0.2) is 68.5 Å². The fourth-order valence-corrected chi connectivity index (χ4v) is 6.67. The summed E-state index contributed by atoms with van der Waals surface area (Å²) in [6.45, 7) is 4.15. The van der Waals surface area contributed by atoms with Gasteiger partial charge < -0.3 is 10.0 Å². The molecule has 6 nitrogen and oxygen atoms in total. The molecule has 0 radical (unpaired) electrons. The van der Waals surface area contributed by atoms with Gasteiger partial charge in [0, 0.05) is 56.9 Å². The molecule has 1 unspecified atom stereocenters. The highest BCUT2D eigenvalue weighted by atomic mass is 32.2. The van der Waals surface area contributed by atoms with Crippen molar-refractivity contribution in [3.63, 3.8) is 0 Å². The third kappa shape index (κ3) is 5.64. The average molecular weight is 516 g/mol. The maximum Gasteiger partial charge on any atom is 0.243 e. The van der Waals surface area contributed by atoms with Gasteiger partial charge in [0.1, 0.15) is 5.75 Å². The van der Waals surface area contributed by atoms with Gasteiger partial charge in [0.05, 0.1) is 4.90 Å². The topological polar surface area (TPSA) is 64.1 Å². The van der Waals surface area contributed by atoms with Crippen LogP contribution in [0.2, 0.25) is 0 Å². The molecule has 0 saturated carbocycles. The summed E-state index contributed by atoms with van der Waals surface area (Å²) in [4.78, 5) is 5.07. The van der Waals surface area contributed by atoms with Gasteiger partial charge in [0.2, 0.25) is 10.0 Å². The highest BCUT2D eigenvalue weighted by molar-refractivity contribution is 7.89. The van der Waals surface area contributed by atoms with Crippen LogP contribution >= 0.6 is 0 Å². The molecule has 1 heterocycles. The van der Waals surface area contributed by atoms with Crippen LogP contribution in [-0.2, 0) is 16.4 Å². The predicted molar refractivity (Wildman–Crippen MR) is 150 cm³/mol. The van der Waals surface area contributed by atoms with Crippen LogP contribution in [0.5, 0.6) is 5.75 Å². The molecule has 1 aliphatic rings. The lowest BCUT2D eigenvalue weighted by Gasteiger charge is -2.39. The summed E-state index contributed by atoms with van der Waals surface area (Å²) in [5, 5.41) is 11.4. The van der Waals surface area contributed by atoms with Crippen molar-refractivity contribution in [2.24, 2.45) is 0 Å². The van der Waals surface area contributed by atoms with E-state index < -0.39 is 10.0 Å². The molecule has 4 aromatic rings. The SMILES string of the molecule is CN(C(Cc1ccc(O)cc1)CN1CCN(c2ccccc2)CC1)S(=O)(=O)c1cccc2ccccc12. The van der Waals surface area contributed by atoms with Crippen molar-refractivity contribution in [2.75, 3.05) is 44.7 Å². The van der Waals surface area contributed by atoms with E-state index in [9.17, 15) is 13.5 Å². The minimum absolute atomic E-state index is 0.203. The summed E-state index contributed by atoms with van der Waals surface area (Å²) >= 11 is 0. The maximum atomic E-state index is 14.0. The van der Waals surface area contributed by atoms with Gasteiger partial charge in [-0.05, 0) is 47.7 Å². The second-order valence-electron chi connectivity index (χ2n) is 9.65. The van der Waals surface area contributed by atoms with Crippen molar-refractivity contribution >= 4 is 26.5 Å². The summed E-state index contributed by atoms with van der Waals surface area (Å²) in [6, 6.07) is 30.2. The molecule has 0 aromatic heterocycles. The Kier molecular flexibility index (Phi) is 7.46. The molecule has 37 heavy (non-hydrogen) atoms. The Labute approximate surface area is 219 Å². The van der Waals surface area contributed by atoms with Crippen molar-refractivity contribution in [1.29, 1.82) is 0 Å². The van der Waals surface area contributed by atoms with Gasteiger partial charge in [-0.2, -0.15) is 4.31 Å². The number of para-hydroxylation sites is 1. The minimum atomic E-state index is -3.75. The highest BCUT2D eigenvalue weighted by Gasteiger charge is 2.31. The lowest BCUT2D eigenvalue weighted by Crippen LogP contribution is -2.52. The van der Waals surface area contributed by atoms with Gasteiger partial charge in [-0.25, -0.2) is 8.42 Å². The third-order valence-corrected chi connectivity index (χ3v) is 9.26. The molecule has 0 aliphatic carbocycles. The molecular formula is C30H33N3O3S. The lowest BCUT2D eigenvalue weighted by molar-refractivity contribution is 0.200. The zero-order chi connectivity index (χ0) is 25.8. The first kappa shape index (κ1) is 25.3. The summed E-state index contributed by atoms with van der Waals surface area (Å²) in [5.41, 5.74) is 2.21. The number of nitrogens with zero attached hydrogens (tertiary/aromatic N) is 3. The molecule has 1 saturated heterocycles. The number of piperazine rings is 1. The number of hydrogen-bond donors (Lipinski definition) is 1. The smallest absolute Gasteiger partial charge is 0.243 e. The first-order valence-electron chi connectivity index (χ1n) is 12.7. The van der Waals surface area contributed by atoms with Crippen molar-refractivity contribution in [3.8, 4) is 5.75 Å². The van der Waals surface area contributed by atoms with E-state index in [0.717, 1.165) is 42.5 Å². The summed E-state index contributed by atoms with van der Waals surface area (Å²) < 4.78 is 29.5. The molecule has 0 bridgehead atoms. The Bertz CT molecular complexity index is 1430. The highest BCUT2D eigenvalue weighted by Crippen LogP contribution is 2.27. The zero-order valence-corrected chi connectivity index (χ0v) is 21.9. The van der Waals surface area contributed by atoms with Gasteiger partial charge in [0.15, 0.2) is 0 Å². The van der Waals surface area contributed by atoms with Gasteiger partial charge >= 0.3 is 0 Å². The van der Waals surface area contributed by atoms with E-state index in [1.165, 1.54) is 5.69 Å². The molecule has 1 N–H and O–H groups in total. The van der Waals surface area contributed by atoms with E-state index in [-0.39, 0.29) is 11.8 Å². The minimum Gasteiger partial charge on any atom is -0.508 e. The van der Waals surface area contributed by atoms with Crippen LogP contribution in [0.1, 0.15) is 5.56 Å². The Morgan fingerprint density at radius 1 is 0.811 bits per heavy atom. The molecule has 1 atom stereocenters. The molecule has 5 rings (SSSR count). The van der Waals surface area contributed by atoms with Crippen LogP contribution in [0.4, 0.5) is 5.69 Å². The summed E-state index contributed by atoms with van der Waals surface area (Å²) in [6.07, 6.45) is 0.555. The van der Waals surface area contributed by atoms with Crippen LogP contribution in [0, 0.1) is 0 Å². The Hall–Kier alpha value is -3.39. The number of phenols is 1. The number of fused-ring (bicyclic) bond motifs is 1. The van der Waals surface area contributed by atoms with Gasteiger partial charge in [-0.15, -0.1) is 0 Å².